The van der Waals surface area contributed by atoms with E-state index in [0.717, 1.165) is 18.9 Å². The molecule has 2 heteroatoms. The fraction of sp³-hybridized carbons (Fsp3) is 0.500. The highest BCUT2D eigenvalue weighted by Gasteiger charge is 2.13. The quantitative estimate of drug-likeness (QED) is 0.628. The molecule has 1 heterocycles. The predicted molar refractivity (Wildman–Crippen MR) is 61.3 cm³/mol. The minimum absolute atomic E-state index is 0.799. The molecule has 1 aliphatic heterocycles. The van der Waals surface area contributed by atoms with Crippen LogP contribution in [0.3, 0.4) is 0 Å². The van der Waals surface area contributed by atoms with Crippen molar-refractivity contribution in [1.29, 1.82) is 0 Å². The number of nitrogens with zero attached hydrogens (tertiary/aromatic N) is 1. The van der Waals surface area contributed by atoms with E-state index in [2.05, 4.69) is 37.1 Å². The van der Waals surface area contributed by atoms with Crippen LogP contribution in [0, 0.1) is 6.92 Å². The van der Waals surface area contributed by atoms with Gasteiger partial charge in [0.2, 0.25) is 0 Å². The average Bonchev–Trinajstić information content (AvgIpc) is 2.21. The second-order valence-corrected chi connectivity index (χ2v) is 3.24. The minimum Gasteiger partial charge on any atom is -0.490 e. The third-order valence-corrected chi connectivity index (χ3v) is 2.21. The summed E-state index contributed by atoms with van der Waals surface area (Å²) in [7, 11) is 2.09. The SMILES string of the molecule is CC.Cc1ccc2c(c1)OCCN2C. The van der Waals surface area contributed by atoms with E-state index in [4.69, 9.17) is 4.74 Å². The summed E-state index contributed by atoms with van der Waals surface area (Å²) in [5.74, 6) is 1.02. The van der Waals surface area contributed by atoms with Crippen LogP contribution in [-0.2, 0) is 0 Å². The van der Waals surface area contributed by atoms with Crippen molar-refractivity contribution in [3.05, 3.63) is 23.8 Å². The molecule has 1 aromatic rings. The van der Waals surface area contributed by atoms with Crippen LogP contribution in [0.4, 0.5) is 5.69 Å². The number of likely N-dealkylation sites (N-methyl/N-ethyl adjacent to an activating group) is 1. The maximum absolute atomic E-state index is 5.53. The number of rotatable bonds is 0. The monoisotopic (exact) mass is 193 g/mol. The summed E-state index contributed by atoms with van der Waals surface area (Å²) < 4.78 is 5.53. The number of hydrogen-bond acceptors (Lipinski definition) is 2. The molecule has 14 heavy (non-hydrogen) atoms. The van der Waals surface area contributed by atoms with Gasteiger partial charge in [0.25, 0.3) is 0 Å². The van der Waals surface area contributed by atoms with E-state index < -0.39 is 0 Å². The summed E-state index contributed by atoms with van der Waals surface area (Å²) in [5, 5.41) is 0. The van der Waals surface area contributed by atoms with Crippen molar-refractivity contribution >= 4 is 5.69 Å². The Morgan fingerprint density at radius 1 is 1.29 bits per heavy atom. The number of ether oxygens (including phenoxy) is 1. The first-order valence-corrected chi connectivity index (χ1v) is 5.22. The third-order valence-electron chi connectivity index (χ3n) is 2.21. The van der Waals surface area contributed by atoms with Crippen LogP contribution in [-0.4, -0.2) is 20.2 Å². The van der Waals surface area contributed by atoms with Crippen LogP contribution in [0.1, 0.15) is 19.4 Å². The van der Waals surface area contributed by atoms with E-state index in [1.165, 1.54) is 11.3 Å². The first-order valence-electron chi connectivity index (χ1n) is 5.22. The van der Waals surface area contributed by atoms with Gasteiger partial charge in [-0.05, 0) is 24.6 Å². The van der Waals surface area contributed by atoms with Gasteiger partial charge >= 0.3 is 0 Å². The zero-order chi connectivity index (χ0) is 10.6. The zero-order valence-corrected chi connectivity index (χ0v) is 9.50. The fourth-order valence-electron chi connectivity index (χ4n) is 1.47. The summed E-state index contributed by atoms with van der Waals surface area (Å²) >= 11 is 0. The largest absolute Gasteiger partial charge is 0.490 e. The number of benzene rings is 1. The smallest absolute Gasteiger partial charge is 0.142 e. The molecule has 0 atom stereocenters. The number of aryl methyl sites for hydroxylation is 1. The normalized spacial score (nSPS) is 13.6. The van der Waals surface area contributed by atoms with Crippen LogP contribution in [0.25, 0.3) is 0 Å². The first kappa shape index (κ1) is 10.9. The van der Waals surface area contributed by atoms with Gasteiger partial charge in [0.1, 0.15) is 12.4 Å². The summed E-state index contributed by atoms with van der Waals surface area (Å²) in [5.41, 5.74) is 2.45. The lowest BCUT2D eigenvalue weighted by Gasteiger charge is -2.27. The number of fused-ring (bicyclic) bond motifs is 1. The van der Waals surface area contributed by atoms with Crippen LogP contribution in [0.2, 0.25) is 0 Å². The van der Waals surface area contributed by atoms with Crippen LogP contribution >= 0.6 is 0 Å². The molecule has 2 rings (SSSR count). The van der Waals surface area contributed by atoms with E-state index in [9.17, 15) is 0 Å². The molecule has 0 bridgehead atoms. The molecule has 0 radical (unpaired) electrons. The van der Waals surface area contributed by atoms with Crippen LogP contribution < -0.4 is 9.64 Å². The lowest BCUT2D eigenvalue weighted by atomic mass is 10.2. The average molecular weight is 193 g/mol. The molecule has 0 N–H and O–H groups in total. The Balaban J connectivity index is 0.000000461. The van der Waals surface area contributed by atoms with Crippen molar-refractivity contribution in [3.8, 4) is 5.75 Å². The number of anilines is 1. The van der Waals surface area contributed by atoms with Crippen molar-refractivity contribution in [3.63, 3.8) is 0 Å². The summed E-state index contributed by atoms with van der Waals surface area (Å²) in [6.45, 7) is 7.86. The van der Waals surface area contributed by atoms with Gasteiger partial charge in [-0.2, -0.15) is 0 Å². The zero-order valence-electron chi connectivity index (χ0n) is 9.50. The molecule has 0 aromatic heterocycles. The molecule has 0 fully saturated rings. The van der Waals surface area contributed by atoms with Crippen LogP contribution in [0.5, 0.6) is 5.75 Å². The Hall–Kier alpha value is -1.18. The Morgan fingerprint density at radius 2 is 2.00 bits per heavy atom. The van der Waals surface area contributed by atoms with Gasteiger partial charge in [-0.25, -0.2) is 0 Å². The van der Waals surface area contributed by atoms with Crippen molar-refractivity contribution in [2.24, 2.45) is 0 Å². The molecule has 0 unspecified atom stereocenters. The highest BCUT2D eigenvalue weighted by Crippen LogP contribution is 2.30. The number of hydrogen-bond donors (Lipinski definition) is 0. The van der Waals surface area contributed by atoms with E-state index in [1.807, 2.05) is 13.8 Å². The molecule has 1 aliphatic rings. The second-order valence-electron chi connectivity index (χ2n) is 3.24. The molecule has 0 amide bonds. The lowest BCUT2D eigenvalue weighted by molar-refractivity contribution is 0.311. The Labute approximate surface area is 86.5 Å². The van der Waals surface area contributed by atoms with Crippen molar-refractivity contribution in [2.75, 3.05) is 25.1 Å². The summed E-state index contributed by atoms with van der Waals surface area (Å²) in [4.78, 5) is 2.22. The molecule has 0 spiro atoms. The molecule has 0 saturated carbocycles. The standard InChI is InChI=1S/C10H13NO.C2H6/c1-8-3-4-9-10(7-8)12-6-5-11(9)2;1-2/h3-4,7H,5-6H2,1-2H3;1-2H3. The minimum atomic E-state index is 0.799. The third kappa shape index (κ3) is 2.19. The molecule has 78 valence electrons. The maximum atomic E-state index is 5.53. The topological polar surface area (TPSA) is 12.5 Å². The lowest BCUT2D eigenvalue weighted by Crippen LogP contribution is -2.28. The molecule has 0 saturated heterocycles. The van der Waals surface area contributed by atoms with E-state index in [1.54, 1.807) is 0 Å². The molecule has 1 aromatic carbocycles. The van der Waals surface area contributed by atoms with Gasteiger partial charge < -0.3 is 9.64 Å². The van der Waals surface area contributed by atoms with E-state index >= 15 is 0 Å². The van der Waals surface area contributed by atoms with Crippen molar-refractivity contribution < 1.29 is 4.74 Å². The Kier molecular flexibility index (Phi) is 3.81. The molecule has 0 aliphatic carbocycles. The van der Waals surface area contributed by atoms with Gasteiger partial charge in [0.05, 0.1) is 12.2 Å². The summed E-state index contributed by atoms with van der Waals surface area (Å²) in [6.07, 6.45) is 0. The van der Waals surface area contributed by atoms with E-state index in [0.29, 0.717) is 0 Å². The highest BCUT2D eigenvalue weighted by atomic mass is 16.5. The molecular formula is C12H19NO. The first-order chi connectivity index (χ1) is 6.77. The maximum Gasteiger partial charge on any atom is 0.142 e. The van der Waals surface area contributed by atoms with Crippen LogP contribution in [0.15, 0.2) is 18.2 Å². The van der Waals surface area contributed by atoms with E-state index in [-0.39, 0.29) is 0 Å². The molecule has 2 nitrogen and oxygen atoms in total. The Morgan fingerprint density at radius 3 is 2.71 bits per heavy atom. The Bertz CT molecular complexity index is 296. The predicted octanol–water partition coefficient (Wildman–Crippen LogP) is 2.85. The van der Waals surface area contributed by atoms with Gasteiger partial charge in [-0.15, -0.1) is 0 Å². The van der Waals surface area contributed by atoms with Gasteiger partial charge in [0.15, 0.2) is 0 Å². The summed E-state index contributed by atoms with van der Waals surface area (Å²) in [6, 6.07) is 6.32. The van der Waals surface area contributed by atoms with Crippen molar-refractivity contribution in [1.82, 2.24) is 0 Å². The van der Waals surface area contributed by atoms with Gasteiger partial charge in [-0.3, -0.25) is 0 Å². The second kappa shape index (κ2) is 4.89. The van der Waals surface area contributed by atoms with Gasteiger partial charge in [-0.1, -0.05) is 19.9 Å². The fourth-order valence-corrected chi connectivity index (χ4v) is 1.47. The van der Waals surface area contributed by atoms with Gasteiger partial charge in [0, 0.05) is 7.05 Å². The highest BCUT2D eigenvalue weighted by molar-refractivity contribution is 5.60. The van der Waals surface area contributed by atoms with Crippen molar-refractivity contribution in [2.45, 2.75) is 20.8 Å². The molecular weight excluding hydrogens is 174 g/mol.